The molecule has 2 nitrogen and oxygen atoms in total. The number of likely N-dealkylation sites (N-methyl/N-ethyl adjacent to an activating group) is 1. The normalized spacial score (nSPS) is 14.9. The van der Waals surface area contributed by atoms with Gasteiger partial charge in [0.15, 0.2) is 0 Å². The van der Waals surface area contributed by atoms with Gasteiger partial charge in [-0.1, -0.05) is 26.0 Å². The monoisotopic (exact) mass is 308 g/mol. The summed E-state index contributed by atoms with van der Waals surface area (Å²) in [5.74, 6) is 0.597. The average Bonchev–Trinajstić information content (AvgIpc) is 3.06. The standard InChI is InChI=1S/C16H24N2S2/c1-12(2)16(15-8-6-10-20-15)17-11-13(18(3)4)14-7-5-9-19-14/h5-10,12-13,16-17H,11H2,1-4H3. The molecule has 0 fully saturated rings. The predicted octanol–water partition coefficient (Wildman–Crippen LogP) is 4.40. The van der Waals surface area contributed by atoms with Crippen molar-refractivity contribution < 1.29 is 0 Å². The van der Waals surface area contributed by atoms with E-state index in [0.717, 1.165) is 6.54 Å². The molecule has 4 heteroatoms. The van der Waals surface area contributed by atoms with Crippen LogP contribution in [0.1, 0.15) is 35.7 Å². The van der Waals surface area contributed by atoms with Crippen molar-refractivity contribution in [1.82, 2.24) is 10.2 Å². The Morgan fingerprint density at radius 1 is 1.05 bits per heavy atom. The number of nitrogens with one attached hydrogen (secondary N) is 1. The van der Waals surface area contributed by atoms with E-state index in [4.69, 9.17) is 0 Å². The SMILES string of the molecule is CC(C)C(NCC(c1cccs1)N(C)C)c1cccs1. The Morgan fingerprint density at radius 2 is 1.65 bits per heavy atom. The zero-order valence-electron chi connectivity index (χ0n) is 12.7. The minimum absolute atomic E-state index is 0.441. The summed E-state index contributed by atoms with van der Waals surface area (Å²) in [7, 11) is 4.31. The Hall–Kier alpha value is -0.680. The lowest BCUT2D eigenvalue weighted by atomic mass is 10.0. The van der Waals surface area contributed by atoms with E-state index in [2.05, 4.69) is 73.2 Å². The quantitative estimate of drug-likeness (QED) is 0.815. The molecule has 2 aromatic rings. The van der Waals surface area contributed by atoms with Crippen molar-refractivity contribution in [2.75, 3.05) is 20.6 Å². The van der Waals surface area contributed by atoms with Gasteiger partial charge in [-0.2, -0.15) is 0 Å². The molecule has 0 bridgehead atoms. The highest BCUT2D eigenvalue weighted by atomic mass is 32.1. The molecule has 0 aliphatic carbocycles. The first-order valence-electron chi connectivity index (χ1n) is 7.06. The fourth-order valence-corrected chi connectivity index (χ4v) is 4.29. The van der Waals surface area contributed by atoms with Crippen LogP contribution < -0.4 is 5.32 Å². The van der Waals surface area contributed by atoms with Gasteiger partial charge < -0.3 is 10.2 Å². The summed E-state index contributed by atoms with van der Waals surface area (Å²) < 4.78 is 0. The lowest BCUT2D eigenvalue weighted by molar-refractivity contribution is 0.272. The topological polar surface area (TPSA) is 15.3 Å². The highest BCUT2D eigenvalue weighted by molar-refractivity contribution is 7.10. The molecule has 2 rings (SSSR count). The first-order chi connectivity index (χ1) is 9.59. The van der Waals surface area contributed by atoms with Gasteiger partial charge in [0.25, 0.3) is 0 Å². The number of rotatable bonds is 7. The van der Waals surface area contributed by atoms with Crippen molar-refractivity contribution in [1.29, 1.82) is 0 Å². The molecule has 2 heterocycles. The molecule has 20 heavy (non-hydrogen) atoms. The van der Waals surface area contributed by atoms with E-state index in [1.165, 1.54) is 9.75 Å². The van der Waals surface area contributed by atoms with E-state index in [0.29, 0.717) is 18.0 Å². The largest absolute Gasteiger partial charge is 0.307 e. The fraction of sp³-hybridized carbons (Fsp3) is 0.500. The highest BCUT2D eigenvalue weighted by Gasteiger charge is 2.20. The number of hydrogen-bond acceptors (Lipinski definition) is 4. The van der Waals surface area contributed by atoms with Crippen LogP contribution in [0.3, 0.4) is 0 Å². The van der Waals surface area contributed by atoms with Crippen LogP contribution in [0.4, 0.5) is 0 Å². The molecule has 0 radical (unpaired) electrons. The first-order valence-corrected chi connectivity index (χ1v) is 8.82. The Bertz CT molecular complexity index is 428. The lowest BCUT2D eigenvalue weighted by Gasteiger charge is -2.28. The van der Waals surface area contributed by atoms with Gasteiger partial charge >= 0.3 is 0 Å². The van der Waals surface area contributed by atoms with E-state index >= 15 is 0 Å². The molecule has 2 unspecified atom stereocenters. The Balaban J connectivity index is 2.04. The number of hydrogen-bond donors (Lipinski definition) is 1. The summed E-state index contributed by atoms with van der Waals surface area (Å²) in [6.45, 7) is 5.55. The molecule has 0 amide bonds. The van der Waals surface area contributed by atoms with Crippen LogP contribution in [0.2, 0.25) is 0 Å². The van der Waals surface area contributed by atoms with Crippen molar-refractivity contribution >= 4 is 22.7 Å². The zero-order chi connectivity index (χ0) is 14.5. The van der Waals surface area contributed by atoms with Gasteiger partial charge in [-0.25, -0.2) is 0 Å². The molecule has 0 spiro atoms. The first kappa shape index (κ1) is 15.7. The van der Waals surface area contributed by atoms with Crippen molar-refractivity contribution in [2.45, 2.75) is 25.9 Å². The van der Waals surface area contributed by atoms with Gasteiger partial charge in [-0.05, 0) is 42.9 Å². The molecule has 110 valence electrons. The van der Waals surface area contributed by atoms with Crippen LogP contribution in [-0.4, -0.2) is 25.5 Å². The van der Waals surface area contributed by atoms with Gasteiger partial charge in [0.05, 0.1) is 6.04 Å². The molecule has 2 atom stereocenters. The third-order valence-corrected chi connectivity index (χ3v) is 5.47. The Morgan fingerprint density at radius 3 is 2.10 bits per heavy atom. The molecular weight excluding hydrogens is 284 g/mol. The molecule has 1 N–H and O–H groups in total. The van der Waals surface area contributed by atoms with Crippen LogP contribution in [0, 0.1) is 5.92 Å². The maximum absolute atomic E-state index is 3.77. The van der Waals surface area contributed by atoms with Gasteiger partial charge in [-0.15, -0.1) is 22.7 Å². The van der Waals surface area contributed by atoms with Gasteiger partial charge in [0.2, 0.25) is 0 Å². The summed E-state index contributed by atoms with van der Waals surface area (Å²) in [6.07, 6.45) is 0. The van der Waals surface area contributed by atoms with Crippen molar-refractivity contribution in [3.8, 4) is 0 Å². The number of nitrogens with zero attached hydrogens (tertiary/aromatic N) is 1. The van der Waals surface area contributed by atoms with E-state index < -0.39 is 0 Å². The zero-order valence-corrected chi connectivity index (χ0v) is 14.3. The molecular formula is C16H24N2S2. The minimum atomic E-state index is 0.441. The molecule has 0 aliphatic heterocycles. The second-order valence-corrected chi connectivity index (χ2v) is 7.60. The van der Waals surface area contributed by atoms with E-state index in [1.807, 2.05) is 22.7 Å². The maximum atomic E-state index is 3.77. The molecule has 0 aromatic carbocycles. The van der Waals surface area contributed by atoms with E-state index in [-0.39, 0.29) is 0 Å². The van der Waals surface area contributed by atoms with Crippen LogP contribution in [-0.2, 0) is 0 Å². The van der Waals surface area contributed by atoms with Gasteiger partial charge in [-0.3, -0.25) is 0 Å². The molecule has 0 saturated heterocycles. The van der Waals surface area contributed by atoms with Crippen LogP contribution >= 0.6 is 22.7 Å². The fourth-order valence-electron chi connectivity index (χ4n) is 2.39. The van der Waals surface area contributed by atoms with Crippen molar-refractivity contribution in [3.63, 3.8) is 0 Å². The van der Waals surface area contributed by atoms with E-state index in [9.17, 15) is 0 Å². The average molecular weight is 309 g/mol. The van der Waals surface area contributed by atoms with Crippen LogP contribution in [0.15, 0.2) is 35.0 Å². The van der Waals surface area contributed by atoms with E-state index in [1.54, 1.807) is 0 Å². The summed E-state index contributed by atoms with van der Waals surface area (Å²) in [6, 6.07) is 9.62. The third kappa shape index (κ3) is 3.92. The number of thiophene rings is 2. The summed E-state index contributed by atoms with van der Waals surface area (Å²) in [4.78, 5) is 5.16. The Kier molecular flexibility index (Phi) is 5.78. The van der Waals surface area contributed by atoms with Crippen LogP contribution in [0.25, 0.3) is 0 Å². The third-order valence-electron chi connectivity index (χ3n) is 3.54. The minimum Gasteiger partial charge on any atom is -0.307 e. The highest BCUT2D eigenvalue weighted by Crippen LogP contribution is 2.28. The summed E-state index contributed by atoms with van der Waals surface area (Å²) in [5.41, 5.74) is 0. The molecule has 0 aliphatic rings. The van der Waals surface area contributed by atoms with Gasteiger partial charge in [0, 0.05) is 22.3 Å². The van der Waals surface area contributed by atoms with Gasteiger partial charge in [0.1, 0.15) is 0 Å². The predicted molar refractivity (Wildman–Crippen MR) is 90.6 cm³/mol. The Labute approximate surface area is 130 Å². The summed E-state index contributed by atoms with van der Waals surface area (Å²) >= 11 is 3.68. The molecule has 2 aromatic heterocycles. The lowest BCUT2D eigenvalue weighted by Crippen LogP contribution is -2.34. The maximum Gasteiger partial charge on any atom is 0.0561 e. The smallest absolute Gasteiger partial charge is 0.0561 e. The van der Waals surface area contributed by atoms with Crippen molar-refractivity contribution in [2.24, 2.45) is 5.92 Å². The second kappa shape index (κ2) is 7.36. The second-order valence-electron chi connectivity index (χ2n) is 5.64. The van der Waals surface area contributed by atoms with Crippen LogP contribution in [0.5, 0.6) is 0 Å². The molecule has 0 saturated carbocycles. The summed E-state index contributed by atoms with van der Waals surface area (Å²) in [5, 5.41) is 8.09. The van der Waals surface area contributed by atoms with Crippen molar-refractivity contribution in [3.05, 3.63) is 44.8 Å².